The molecule has 0 radical (unpaired) electrons. The van der Waals surface area contributed by atoms with Crippen molar-refractivity contribution >= 4 is 17.6 Å². The monoisotopic (exact) mass is 264 g/mol. The molecule has 0 aliphatic rings. The van der Waals surface area contributed by atoms with Gasteiger partial charge in [0.05, 0.1) is 5.41 Å². The van der Waals surface area contributed by atoms with Gasteiger partial charge in [-0.2, -0.15) is 0 Å². The largest absolute Gasteiger partial charge is 0.481 e. The Balaban J connectivity index is 2.80. The lowest BCUT2D eigenvalue weighted by Gasteiger charge is -2.25. The van der Waals surface area contributed by atoms with E-state index in [9.17, 15) is 14.7 Å². The Morgan fingerprint density at radius 2 is 2.00 bits per heavy atom. The Bertz CT molecular complexity index is 468. The van der Waals surface area contributed by atoms with Crippen molar-refractivity contribution in [2.45, 2.75) is 40.0 Å². The molecule has 1 rings (SSSR count). The van der Waals surface area contributed by atoms with Crippen molar-refractivity contribution in [3.63, 3.8) is 0 Å². The summed E-state index contributed by atoms with van der Waals surface area (Å²) in [6, 6.07) is 1.70. The van der Waals surface area contributed by atoms with E-state index in [2.05, 4.69) is 10.3 Å². The minimum atomic E-state index is -0.981. The molecule has 0 aliphatic carbocycles. The van der Waals surface area contributed by atoms with Crippen LogP contribution in [-0.2, 0) is 9.59 Å². The number of pyridine rings is 1. The molecule has 0 spiro atoms. The maximum Gasteiger partial charge on any atom is 0.310 e. The van der Waals surface area contributed by atoms with Crippen LogP contribution in [0.1, 0.15) is 38.7 Å². The minimum absolute atomic E-state index is 0.0168. The summed E-state index contributed by atoms with van der Waals surface area (Å²) in [5, 5.41) is 12.1. The fourth-order valence-corrected chi connectivity index (χ4v) is 1.99. The molecule has 5 nitrogen and oxygen atoms in total. The second kappa shape index (κ2) is 6.31. The third-order valence-electron chi connectivity index (χ3n) is 3.60. The van der Waals surface area contributed by atoms with Crippen LogP contribution in [0.4, 0.5) is 5.69 Å². The summed E-state index contributed by atoms with van der Waals surface area (Å²) in [5.41, 5.74) is 0.543. The van der Waals surface area contributed by atoms with Crippen molar-refractivity contribution in [1.29, 1.82) is 0 Å². The average Bonchev–Trinajstić information content (AvgIpc) is 2.38. The molecule has 0 aromatic carbocycles. The molecule has 5 heteroatoms. The van der Waals surface area contributed by atoms with Crippen molar-refractivity contribution < 1.29 is 14.7 Å². The third-order valence-corrected chi connectivity index (χ3v) is 3.60. The number of anilines is 1. The Hall–Kier alpha value is -1.91. The molecule has 0 saturated carbocycles. The van der Waals surface area contributed by atoms with Crippen LogP contribution in [0.15, 0.2) is 18.5 Å². The lowest BCUT2D eigenvalue weighted by Crippen LogP contribution is -2.34. The van der Waals surface area contributed by atoms with Gasteiger partial charge in [0.25, 0.3) is 0 Å². The van der Waals surface area contributed by atoms with Crippen LogP contribution < -0.4 is 5.32 Å². The number of amides is 1. The number of carboxylic acid groups (broad SMARTS) is 1. The van der Waals surface area contributed by atoms with Crippen molar-refractivity contribution in [2.24, 2.45) is 5.41 Å². The van der Waals surface area contributed by atoms with E-state index in [0.29, 0.717) is 18.5 Å². The van der Waals surface area contributed by atoms with Crippen LogP contribution in [0.5, 0.6) is 0 Å². The molecule has 1 aromatic rings. The Labute approximate surface area is 113 Å². The lowest BCUT2D eigenvalue weighted by molar-refractivity contribution is -0.151. The quantitative estimate of drug-likeness (QED) is 0.827. The van der Waals surface area contributed by atoms with Gasteiger partial charge in [-0.3, -0.25) is 14.6 Å². The first-order valence-electron chi connectivity index (χ1n) is 6.39. The number of carbonyl (C=O) groups is 2. The van der Waals surface area contributed by atoms with Crippen molar-refractivity contribution in [3.05, 3.63) is 24.0 Å². The van der Waals surface area contributed by atoms with Crippen molar-refractivity contribution in [3.8, 4) is 0 Å². The van der Waals surface area contributed by atoms with E-state index < -0.39 is 11.4 Å². The average molecular weight is 264 g/mol. The van der Waals surface area contributed by atoms with E-state index in [1.165, 1.54) is 0 Å². The number of nitrogens with one attached hydrogen (secondary N) is 1. The molecule has 0 aliphatic heterocycles. The van der Waals surface area contributed by atoms with Gasteiger partial charge >= 0.3 is 5.97 Å². The molecule has 104 valence electrons. The number of hydrogen-bond donors (Lipinski definition) is 2. The van der Waals surface area contributed by atoms with E-state index in [-0.39, 0.29) is 12.3 Å². The van der Waals surface area contributed by atoms with E-state index in [1.807, 2.05) is 6.92 Å². The number of carboxylic acids is 1. The summed E-state index contributed by atoms with van der Waals surface area (Å²) in [6.45, 7) is 5.43. The smallest absolute Gasteiger partial charge is 0.310 e. The summed E-state index contributed by atoms with van der Waals surface area (Å²) in [4.78, 5) is 27.3. The summed E-state index contributed by atoms with van der Waals surface area (Å²) in [7, 11) is 0. The predicted octanol–water partition coefficient (Wildman–Crippen LogP) is 2.61. The number of aryl methyl sites for hydroxylation is 1. The van der Waals surface area contributed by atoms with E-state index in [1.54, 1.807) is 32.3 Å². The highest BCUT2D eigenvalue weighted by Crippen LogP contribution is 2.31. The molecule has 0 atom stereocenters. The van der Waals surface area contributed by atoms with Gasteiger partial charge in [0.15, 0.2) is 0 Å². The number of carbonyl (C=O) groups excluding carboxylic acids is 1. The fourth-order valence-electron chi connectivity index (χ4n) is 1.99. The summed E-state index contributed by atoms with van der Waals surface area (Å²) >= 11 is 0. The van der Waals surface area contributed by atoms with Crippen molar-refractivity contribution in [1.82, 2.24) is 4.98 Å². The molecular weight excluding hydrogens is 244 g/mol. The molecule has 1 heterocycles. The topological polar surface area (TPSA) is 79.3 Å². The first-order valence-corrected chi connectivity index (χ1v) is 6.39. The first kappa shape index (κ1) is 15.1. The zero-order chi connectivity index (χ0) is 14.5. The third kappa shape index (κ3) is 3.53. The maximum absolute atomic E-state index is 12.0. The Morgan fingerprint density at radius 3 is 2.47 bits per heavy atom. The van der Waals surface area contributed by atoms with Gasteiger partial charge in [-0.15, -0.1) is 0 Å². The molecule has 0 bridgehead atoms. The maximum atomic E-state index is 12.0. The standard InChI is InChI=1S/C14H20N2O3/c1-4-14(5-2,13(18)19)8-12(17)16-11-6-7-15-9-10(11)3/h6-7,9H,4-5,8H2,1-3H3,(H,18,19)(H,15,16,17). The van der Waals surface area contributed by atoms with Crippen LogP contribution in [0.2, 0.25) is 0 Å². The van der Waals surface area contributed by atoms with Gasteiger partial charge in [-0.25, -0.2) is 0 Å². The van der Waals surface area contributed by atoms with Gasteiger partial charge in [0, 0.05) is 24.5 Å². The summed E-state index contributed by atoms with van der Waals surface area (Å²) in [5.74, 6) is -1.19. The molecule has 2 N–H and O–H groups in total. The molecule has 1 amide bonds. The molecule has 0 saturated heterocycles. The van der Waals surface area contributed by atoms with Gasteiger partial charge in [-0.05, 0) is 31.4 Å². The minimum Gasteiger partial charge on any atom is -0.481 e. The SMILES string of the molecule is CCC(CC)(CC(=O)Nc1ccncc1C)C(=O)O. The number of aromatic nitrogens is 1. The van der Waals surface area contributed by atoms with E-state index >= 15 is 0 Å². The van der Waals surface area contributed by atoms with Crippen molar-refractivity contribution in [2.75, 3.05) is 5.32 Å². The predicted molar refractivity (Wildman–Crippen MR) is 72.9 cm³/mol. The molecular formula is C14H20N2O3. The summed E-state index contributed by atoms with van der Waals surface area (Å²) in [6.07, 6.45) is 4.09. The van der Waals surface area contributed by atoms with Crippen LogP contribution >= 0.6 is 0 Å². The normalized spacial score (nSPS) is 11.1. The number of hydrogen-bond acceptors (Lipinski definition) is 3. The first-order chi connectivity index (χ1) is 8.95. The van der Waals surface area contributed by atoms with Gasteiger partial charge in [0.1, 0.15) is 0 Å². The van der Waals surface area contributed by atoms with E-state index in [0.717, 1.165) is 5.56 Å². The highest BCUT2D eigenvalue weighted by molar-refractivity contribution is 5.94. The Kier molecular flexibility index (Phi) is 5.03. The van der Waals surface area contributed by atoms with Crippen LogP contribution in [0.25, 0.3) is 0 Å². The highest BCUT2D eigenvalue weighted by atomic mass is 16.4. The number of aliphatic carboxylic acids is 1. The highest BCUT2D eigenvalue weighted by Gasteiger charge is 2.37. The van der Waals surface area contributed by atoms with Crippen LogP contribution in [-0.4, -0.2) is 22.0 Å². The second-order valence-electron chi connectivity index (χ2n) is 4.71. The fraction of sp³-hybridized carbons (Fsp3) is 0.500. The van der Waals surface area contributed by atoms with Gasteiger partial charge in [0.2, 0.25) is 5.91 Å². The number of nitrogens with zero attached hydrogens (tertiary/aromatic N) is 1. The molecule has 1 aromatic heterocycles. The van der Waals surface area contributed by atoms with Gasteiger partial charge in [-0.1, -0.05) is 13.8 Å². The second-order valence-corrected chi connectivity index (χ2v) is 4.71. The van der Waals surface area contributed by atoms with Gasteiger partial charge < -0.3 is 10.4 Å². The lowest BCUT2D eigenvalue weighted by atomic mass is 9.79. The zero-order valence-electron chi connectivity index (χ0n) is 11.6. The zero-order valence-corrected chi connectivity index (χ0v) is 11.6. The molecule has 0 unspecified atom stereocenters. The molecule has 19 heavy (non-hydrogen) atoms. The summed E-state index contributed by atoms with van der Waals surface area (Å²) < 4.78 is 0. The van der Waals surface area contributed by atoms with E-state index in [4.69, 9.17) is 0 Å². The Morgan fingerprint density at radius 1 is 1.37 bits per heavy atom. The molecule has 0 fully saturated rings. The number of rotatable bonds is 6. The van der Waals surface area contributed by atoms with Crippen LogP contribution in [0.3, 0.4) is 0 Å². The van der Waals surface area contributed by atoms with Crippen LogP contribution in [0, 0.1) is 12.3 Å².